The third-order valence-corrected chi connectivity index (χ3v) is 4.18. The molecule has 3 rings (SSSR count). The Hall–Kier alpha value is -2.69. The molecular formula is C15H13O9S-. The molecule has 0 bridgehead atoms. The molecule has 0 saturated carbocycles. The van der Waals surface area contributed by atoms with Gasteiger partial charge in [-0.3, -0.25) is 4.55 Å². The Bertz CT molecular complexity index is 923. The van der Waals surface area contributed by atoms with E-state index in [0.717, 1.165) is 18.2 Å². The molecule has 1 aliphatic heterocycles. The summed E-state index contributed by atoms with van der Waals surface area (Å²) < 4.78 is 41.4. The van der Waals surface area contributed by atoms with Crippen LogP contribution in [0.5, 0.6) is 28.7 Å². The van der Waals surface area contributed by atoms with E-state index in [1.54, 1.807) is 0 Å². The highest BCUT2D eigenvalue weighted by molar-refractivity contribution is 7.80. The zero-order valence-electron chi connectivity index (χ0n) is 12.5. The monoisotopic (exact) mass is 369 g/mol. The second kappa shape index (κ2) is 5.99. The normalized spacial score (nSPS) is 19.9. The number of rotatable bonds is 3. The van der Waals surface area contributed by atoms with Crippen molar-refractivity contribution in [1.82, 2.24) is 0 Å². The number of hydrogen-bond donors (Lipinski definition) is 4. The molecule has 2 aromatic rings. The molecule has 10 heteroatoms. The minimum absolute atomic E-state index is 0.106. The van der Waals surface area contributed by atoms with E-state index < -0.39 is 39.9 Å². The topological polar surface area (TPSA) is 157 Å². The van der Waals surface area contributed by atoms with E-state index in [9.17, 15) is 28.8 Å². The van der Waals surface area contributed by atoms with E-state index in [0.29, 0.717) is 0 Å². The summed E-state index contributed by atoms with van der Waals surface area (Å²) in [5, 5.41) is 40.5. The van der Waals surface area contributed by atoms with Crippen molar-refractivity contribution in [1.29, 1.82) is 0 Å². The Balaban J connectivity index is 2.07. The van der Waals surface area contributed by atoms with Crippen LogP contribution in [0.3, 0.4) is 0 Å². The van der Waals surface area contributed by atoms with Crippen LogP contribution in [0.1, 0.15) is 17.2 Å². The SMILES string of the molecule is O=S(=O)(O)OC1Cc2cc(O)cc([O-])c2OC1c1ccc(O)c(O)c1. The first kappa shape index (κ1) is 17.1. The second-order valence-corrected chi connectivity index (χ2v) is 6.53. The Morgan fingerprint density at radius 2 is 1.84 bits per heavy atom. The van der Waals surface area contributed by atoms with E-state index in [1.165, 1.54) is 12.1 Å². The summed E-state index contributed by atoms with van der Waals surface area (Å²) in [6, 6.07) is 5.78. The van der Waals surface area contributed by atoms with E-state index in [4.69, 9.17) is 9.29 Å². The highest BCUT2D eigenvalue weighted by atomic mass is 32.3. The molecule has 1 aliphatic rings. The number of hydrogen-bond acceptors (Lipinski definition) is 8. The molecule has 2 unspecified atom stereocenters. The first-order valence-corrected chi connectivity index (χ1v) is 8.37. The molecule has 134 valence electrons. The quantitative estimate of drug-likeness (QED) is 0.452. The van der Waals surface area contributed by atoms with Gasteiger partial charge in [0.1, 0.15) is 17.6 Å². The van der Waals surface area contributed by atoms with Gasteiger partial charge in [0, 0.05) is 6.42 Å². The first-order chi connectivity index (χ1) is 11.6. The molecule has 25 heavy (non-hydrogen) atoms. The fraction of sp³-hybridized carbons (Fsp3) is 0.200. The van der Waals surface area contributed by atoms with Crippen LogP contribution < -0.4 is 9.84 Å². The lowest BCUT2D eigenvalue weighted by Gasteiger charge is -2.35. The van der Waals surface area contributed by atoms with Crippen LogP contribution in [0.2, 0.25) is 0 Å². The molecule has 2 aromatic carbocycles. The van der Waals surface area contributed by atoms with Crippen LogP contribution in [0.15, 0.2) is 30.3 Å². The highest BCUT2D eigenvalue weighted by Crippen LogP contribution is 2.43. The maximum Gasteiger partial charge on any atom is 0.397 e. The molecule has 0 radical (unpaired) electrons. The highest BCUT2D eigenvalue weighted by Gasteiger charge is 2.36. The molecule has 0 aromatic heterocycles. The smallest absolute Gasteiger partial charge is 0.397 e. The fourth-order valence-electron chi connectivity index (χ4n) is 2.70. The van der Waals surface area contributed by atoms with Crippen molar-refractivity contribution in [3.8, 4) is 28.7 Å². The Morgan fingerprint density at radius 1 is 1.12 bits per heavy atom. The lowest BCUT2D eigenvalue weighted by atomic mass is 9.94. The van der Waals surface area contributed by atoms with Gasteiger partial charge in [-0.2, -0.15) is 8.42 Å². The van der Waals surface area contributed by atoms with Crippen molar-refractivity contribution in [3.63, 3.8) is 0 Å². The molecule has 0 amide bonds. The summed E-state index contributed by atoms with van der Waals surface area (Å²) in [7, 11) is -4.84. The van der Waals surface area contributed by atoms with Gasteiger partial charge in [0.25, 0.3) is 0 Å². The predicted octanol–water partition coefficient (Wildman–Crippen LogP) is 0.741. The van der Waals surface area contributed by atoms with Gasteiger partial charge < -0.3 is 25.2 Å². The zero-order chi connectivity index (χ0) is 18.4. The summed E-state index contributed by atoms with van der Waals surface area (Å²) in [5.41, 5.74) is 0.417. The summed E-state index contributed by atoms with van der Waals surface area (Å²) >= 11 is 0. The van der Waals surface area contributed by atoms with Gasteiger partial charge in [-0.25, -0.2) is 4.18 Å². The molecule has 0 fully saturated rings. The van der Waals surface area contributed by atoms with Gasteiger partial charge >= 0.3 is 10.4 Å². The third-order valence-electron chi connectivity index (χ3n) is 3.69. The number of benzene rings is 2. The van der Waals surface area contributed by atoms with Gasteiger partial charge in [0.15, 0.2) is 17.6 Å². The van der Waals surface area contributed by atoms with Gasteiger partial charge in [0.2, 0.25) is 0 Å². The van der Waals surface area contributed by atoms with Crippen LogP contribution in [-0.2, 0) is 21.0 Å². The number of aromatic hydroxyl groups is 3. The Labute approximate surface area is 142 Å². The minimum atomic E-state index is -4.84. The van der Waals surface area contributed by atoms with Crippen LogP contribution in [-0.4, -0.2) is 34.4 Å². The van der Waals surface area contributed by atoms with Crippen LogP contribution in [0, 0.1) is 0 Å². The second-order valence-electron chi connectivity index (χ2n) is 5.49. The molecule has 4 N–H and O–H groups in total. The molecule has 1 heterocycles. The maximum atomic E-state index is 12.0. The van der Waals surface area contributed by atoms with Gasteiger partial charge in [-0.15, -0.1) is 0 Å². The van der Waals surface area contributed by atoms with Crippen molar-refractivity contribution in [2.24, 2.45) is 0 Å². The number of phenolic OH excluding ortho intramolecular Hbond substituents is 3. The average Bonchev–Trinajstić information content (AvgIpc) is 2.48. The fourth-order valence-corrected chi connectivity index (χ4v) is 3.18. The van der Waals surface area contributed by atoms with Crippen molar-refractivity contribution in [3.05, 3.63) is 41.5 Å². The maximum absolute atomic E-state index is 12.0. The molecule has 0 aliphatic carbocycles. The van der Waals surface area contributed by atoms with Crippen molar-refractivity contribution in [2.75, 3.05) is 0 Å². The predicted molar refractivity (Wildman–Crippen MR) is 80.8 cm³/mol. The first-order valence-electron chi connectivity index (χ1n) is 7.01. The number of phenols is 3. The zero-order valence-corrected chi connectivity index (χ0v) is 13.3. The van der Waals surface area contributed by atoms with Crippen molar-refractivity contribution in [2.45, 2.75) is 18.6 Å². The largest absolute Gasteiger partial charge is 0.870 e. The van der Waals surface area contributed by atoms with E-state index in [2.05, 4.69) is 4.18 Å². The van der Waals surface area contributed by atoms with Gasteiger partial charge in [-0.1, -0.05) is 11.8 Å². The van der Waals surface area contributed by atoms with Gasteiger partial charge in [0.05, 0.1) is 0 Å². The van der Waals surface area contributed by atoms with Crippen molar-refractivity contribution >= 4 is 10.4 Å². The third kappa shape index (κ3) is 3.55. The van der Waals surface area contributed by atoms with Crippen molar-refractivity contribution < 1.29 is 42.3 Å². The van der Waals surface area contributed by atoms with Crippen LogP contribution in [0.4, 0.5) is 0 Å². The lowest BCUT2D eigenvalue weighted by Crippen LogP contribution is -2.34. The van der Waals surface area contributed by atoms with Gasteiger partial charge in [-0.05, 0) is 35.4 Å². The van der Waals surface area contributed by atoms with E-state index in [-0.39, 0.29) is 29.0 Å². The summed E-state index contributed by atoms with van der Waals surface area (Å²) in [6.45, 7) is 0. The minimum Gasteiger partial charge on any atom is -0.870 e. The number of ether oxygens (including phenoxy) is 1. The standard InChI is InChI=1S/C15H14O9S/c16-9-3-8-5-13(24-25(20,21)22)15(23-14(8)12(19)6-9)7-1-2-10(17)11(18)4-7/h1-4,6,13,15-19H,5H2,(H,20,21,22)/p-1. The molecular weight excluding hydrogens is 356 g/mol. The molecule has 9 nitrogen and oxygen atoms in total. The molecule has 0 saturated heterocycles. The molecule has 0 spiro atoms. The summed E-state index contributed by atoms with van der Waals surface area (Å²) in [4.78, 5) is 0. The summed E-state index contributed by atoms with van der Waals surface area (Å²) in [6.07, 6.45) is -2.60. The number of fused-ring (bicyclic) bond motifs is 1. The van der Waals surface area contributed by atoms with E-state index in [1.807, 2.05) is 0 Å². The Kier molecular flexibility index (Phi) is 4.11. The Morgan fingerprint density at radius 3 is 2.48 bits per heavy atom. The molecule has 2 atom stereocenters. The van der Waals surface area contributed by atoms with E-state index >= 15 is 0 Å². The average molecular weight is 369 g/mol. The lowest BCUT2D eigenvalue weighted by molar-refractivity contribution is -0.271. The summed E-state index contributed by atoms with van der Waals surface area (Å²) in [5.74, 6) is -1.93. The van der Waals surface area contributed by atoms with Crippen LogP contribution >= 0.6 is 0 Å². The van der Waals surface area contributed by atoms with Crippen LogP contribution in [0.25, 0.3) is 0 Å².